The van der Waals surface area contributed by atoms with Crippen molar-refractivity contribution in [2.24, 2.45) is 11.7 Å². The molecule has 1 fully saturated rings. The van der Waals surface area contributed by atoms with Gasteiger partial charge in [-0.05, 0) is 32.1 Å². The molecular formula is C17H30N4O6. The molecule has 1 heterocycles. The smallest absolute Gasteiger partial charge is 0.322 e. The Balaban J connectivity index is 2.82. The highest BCUT2D eigenvalue weighted by molar-refractivity contribution is 5.94. The van der Waals surface area contributed by atoms with Gasteiger partial charge in [-0.25, -0.2) is 0 Å². The number of amides is 3. The van der Waals surface area contributed by atoms with Gasteiger partial charge < -0.3 is 31.5 Å². The summed E-state index contributed by atoms with van der Waals surface area (Å²) in [7, 11) is 0. The predicted octanol–water partition coefficient (Wildman–Crippen LogP) is -1.58. The van der Waals surface area contributed by atoms with Gasteiger partial charge >= 0.3 is 5.97 Å². The number of likely N-dealkylation sites (tertiary alicyclic amines) is 1. The number of carbonyl (C=O) groups is 4. The average Bonchev–Trinajstić information content (AvgIpc) is 3.06. The molecule has 0 saturated carbocycles. The largest absolute Gasteiger partial charge is 0.480 e. The molecule has 0 spiro atoms. The molecule has 4 unspecified atom stereocenters. The summed E-state index contributed by atoms with van der Waals surface area (Å²) in [5, 5.41) is 23.1. The Hall–Kier alpha value is -2.20. The van der Waals surface area contributed by atoms with Crippen LogP contribution < -0.4 is 16.4 Å². The predicted molar refractivity (Wildman–Crippen MR) is 96.4 cm³/mol. The number of hydrogen-bond donors (Lipinski definition) is 5. The van der Waals surface area contributed by atoms with E-state index >= 15 is 0 Å². The number of aliphatic hydroxyl groups excluding tert-OH is 1. The molecule has 1 rings (SSSR count). The molecule has 0 bridgehead atoms. The van der Waals surface area contributed by atoms with Crippen LogP contribution >= 0.6 is 0 Å². The number of carboxylic acid groups (broad SMARTS) is 1. The quantitative estimate of drug-likeness (QED) is 0.319. The van der Waals surface area contributed by atoms with E-state index in [-0.39, 0.29) is 5.92 Å². The van der Waals surface area contributed by atoms with E-state index in [1.165, 1.54) is 11.8 Å². The topological polar surface area (TPSA) is 162 Å². The average molecular weight is 386 g/mol. The Morgan fingerprint density at radius 3 is 2.37 bits per heavy atom. The van der Waals surface area contributed by atoms with Gasteiger partial charge in [0.25, 0.3) is 0 Å². The van der Waals surface area contributed by atoms with Crippen molar-refractivity contribution in [1.82, 2.24) is 15.5 Å². The number of carboxylic acids is 1. The Morgan fingerprint density at radius 2 is 1.85 bits per heavy atom. The number of nitrogens with zero attached hydrogens (tertiary/aromatic N) is 1. The maximum Gasteiger partial charge on any atom is 0.322 e. The van der Waals surface area contributed by atoms with Crippen LogP contribution in [0.25, 0.3) is 0 Å². The van der Waals surface area contributed by atoms with Crippen LogP contribution in [0.1, 0.15) is 40.0 Å². The zero-order chi connectivity index (χ0) is 20.7. The highest BCUT2D eigenvalue weighted by Crippen LogP contribution is 2.19. The lowest BCUT2D eigenvalue weighted by Gasteiger charge is -2.29. The monoisotopic (exact) mass is 386 g/mol. The van der Waals surface area contributed by atoms with Crippen LogP contribution in [-0.4, -0.2) is 76.1 Å². The Labute approximate surface area is 158 Å². The number of aliphatic hydroxyl groups is 1. The molecule has 0 aromatic carbocycles. The molecule has 6 N–H and O–H groups in total. The SMILES string of the molecule is CC(C)CC(NC(=O)C1CCCN1C(=O)C(N)C(C)O)C(=O)NCC(=O)O. The van der Waals surface area contributed by atoms with Gasteiger partial charge in [0, 0.05) is 6.54 Å². The first-order valence-corrected chi connectivity index (χ1v) is 9.08. The van der Waals surface area contributed by atoms with Gasteiger partial charge in [0.05, 0.1) is 6.10 Å². The zero-order valence-electron chi connectivity index (χ0n) is 16.0. The summed E-state index contributed by atoms with van der Waals surface area (Å²) in [5.41, 5.74) is 5.69. The molecule has 0 radical (unpaired) electrons. The van der Waals surface area contributed by atoms with Crippen LogP contribution in [0, 0.1) is 5.92 Å². The van der Waals surface area contributed by atoms with Crippen molar-refractivity contribution in [2.45, 2.75) is 64.3 Å². The molecule has 1 aliphatic heterocycles. The fourth-order valence-electron chi connectivity index (χ4n) is 2.96. The molecule has 1 saturated heterocycles. The van der Waals surface area contributed by atoms with Gasteiger partial charge in [0.1, 0.15) is 24.7 Å². The molecule has 1 aliphatic rings. The van der Waals surface area contributed by atoms with E-state index in [1.54, 1.807) is 0 Å². The van der Waals surface area contributed by atoms with Crippen molar-refractivity contribution in [3.05, 3.63) is 0 Å². The van der Waals surface area contributed by atoms with Crippen LogP contribution in [-0.2, 0) is 19.2 Å². The highest BCUT2D eigenvalue weighted by Gasteiger charge is 2.38. The van der Waals surface area contributed by atoms with Gasteiger partial charge in [0.15, 0.2) is 0 Å². The van der Waals surface area contributed by atoms with E-state index in [0.717, 1.165) is 0 Å². The number of rotatable bonds is 9. The number of aliphatic carboxylic acids is 1. The third-order valence-corrected chi connectivity index (χ3v) is 4.40. The first-order chi connectivity index (χ1) is 12.5. The minimum atomic E-state index is -1.18. The molecule has 3 amide bonds. The Bertz CT molecular complexity index is 566. The van der Waals surface area contributed by atoms with Crippen molar-refractivity contribution in [2.75, 3.05) is 13.1 Å². The number of hydrogen-bond acceptors (Lipinski definition) is 6. The molecule has 0 aromatic heterocycles. The summed E-state index contributed by atoms with van der Waals surface area (Å²) in [4.78, 5) is 49.3. The summed E-state index contributed by atoms with van der Waals surface area (Å²) in [5.74, 6) is -2.70. The van der Waals surface area contributed by atoms with Crippen LogP contribution in [0.5, 0.6) is 0 Å². The lowest BCUT2D eigenvalue weighted by atomic mass is 10.0. The third kappa shape index (κ3) is 6.79. The van der Waals surface area contributed by atoms with Crippen molar-refractivity contribution in [3.8, 4) is 0 Å². The van der Waals surface area contributed by atoms with Gasteiger partial charge in [-0.1, -0.05) is 13.8 Å². The zero-order valence-corrected chi connectivity index (χ0v) is 16.0. The molecule has 0 aromatic rings. The second kappa shape index (κ2) is 10.2. The van der Waals surface area contributed by atoms with Crippen LogP contribution in [0.3, 0.4) is 0 Å². The third-order valence-electron chi connectivity index (χ3n) is 4.40. The van der Waals surface area contributed by atoms with E-state index in [2.05, 4.69) is 10.6 Å². The summed E-state index contributed by atoms with van der Waals surface area (Å²) < 4.78 is 0. The van der Waals surface area contributed by atoms with E-state index < -0.39 is 54.5 Å². The first kappa shape index (κ1) is 22.8. The van der Waals surface area contributed by atoms with E-state index in [0.29, 0.717) is 25.8 Å². The second-order valence-corrected chi connectivity index (χ2v) is 7.26. The summed E-state index contributed by atoms with van der Waals surface area (Å²) >= 11 is 0. The van der Waals surface area contributed by atoms with Crippen LogP contribution in [0.2, 0.25) is 0 Å². The normalized spacial score (nSPS) is 20.1. The Kier molecular flexibility index (Phi) is 8.64. The fourth-order valence-corrected chi connectivity index (χ4v) is 2.96. The Morgan fingerprint density at radius 1 is 1.22 bits per heavy atom. The first-order valence-electron chi connectivity index (χ1n) is 9.08. The summed E-state index contributed by atoms with van der Waals surface area (Å²) in [6.07, 6.45) is 0.314. The van der Waals surface area contributed by atoms with Gasteiger partial charge in [0.2, 0.25) is 17.7 Å². The molecular weight excluding hydrogens is 356 g/mol. The van der Waals surface area contributed by atoms with Crippen molar-refractivity contribution in [1.29, 1.82) is 0 Å². The highest BCUT2D eigenvalue weighted by atomic mass is 16.4. The second-order valence-electron chi connectivity index (χ2n) is 7.26. The minimum Gasteiger partial charge on any atom is -0.480 e. The van der Waals surface area contributed by atoms with Crippen molar-refractivity contribution >= 4 is 23.7 Å². The van der Waals surface area contributed by atoms with E-state index in [4.69, 9.17) is 10.8 Å². The maximum absolute atomic E-state index is 12.7. The number of nitrogens with one attached hydrogen (secondary N) is 2. The number of nitrogens with two attached hydrogens (primary N) is 1. The van der Waals surface area contributed by atoms with Crippen molar-refractivity contribution < 1.29 is 29.4 Å². The summed E-state index contributed by atoms with van der Waals surface area (Å²) in [6.45, 7) is 4.95. The summed E-state index contributed by atoms with van der Waals surface area (Å²) in [6, 6.07) is -2.80. The van der Waals surface area contributed by atoms with Gasteiger partial charge in [-0.2, -0.15) is 0 Å². The molecule has 154 valence electrons. The maximum atomic E-state index is 12.7. The van der Waals surface area contributed by atoms with Crippen molar-refractivity contribution in [3.63, 3.8) is 0 Å². The van der Waals surface area contributed by atoms with Crippen LogP contribution in [0.4, 0.5) is 0 Å². The standard InChI is InChI=1S/C17H30N4O6/c1-9(2)7-11(15(25)19-8-13(23)24)20-16(26)12-5-4-6-21(12)17(27)14(18)10(3)22/h9-12,14,22H,4-8,18H2,1-3H3,(H,19,25)(H,20,26)(H,23,24). The lowest BCUT2D eigenvalue weighted by molar-refractivity contribution is -0.142. The fraction of sp³-hybridized carbons (Fsp3) is 0.765. The van der Waals surface area contributed by atoms with Gasteiger partial charge in [-0.15, -0.1) is 0 Å². The minimum absolute atomic E-state index is 0.0795. The molecule has 27 heavy (non-hydrogen) atoms. The number of carbonyl (C=O) groups excluding carboxylic acids is 3. The molecule has 10 nitrogen and oxygen atoms in total. The van der Waals surface area contributed by atoms with Gasteiger partial charge in [-0.3, -0.25) is 19.2 Å². The van der Waals surface area contributed by atoms with Crippen LogP contribution in [0.15, 0.2) is 0 Å². The molecule has 0 aliphatic carbocycles. The van der Waals surface area contributed by atoms with E-state index in [9.17, 15) is 24.3 Å². The van der Waals surface area contributed by atoms with E-state index in [1.807, 2.05) is 13.8 Å². The lowest BCUT2D eigenvalue weighted by Crippen LogP contribution is -2.57. The molecule has 4 atom stereocenters. The molecule has 10 heteroatoms.